The number of aliphatic hydroxyl groups excluding tert-OH is 1. The highest BCUT2D eigenvalue weighted by molar-refractivity contribution is 7.89. The summed E-state index contributed by atoms with van der Waals surface area (Å²) in [5.74, 6) is -0.658. The fraction of sp³-hybridized carbons (Fsp3) is 0.471. The number of nitrogens with one attached hydrogen (secondary N) is 1. The number of carbonyl (C=O) groups excluding carboxylic acids is 2. The molecule has 1 aromatic heterocycles. The molecule has 0 aliphatic carbocycles. The second kappa shape index (κ2) is 17.2. The summed E-state index contributed by atoms with van der Waals surface area (Å²) in [5, 5.41) is 29.4. The molecule has 0 bridgehead atoms. The predicted molar refractivity (Wildman–Crippen MR) is 189 cm³/mol. The Kier molecular flexibility index (Phi) is 13.3. The van der Waals surface area contributed by atoms with E-state index in [4.69, 9.17) is 5.21 Å². The van der Waals surface area contributed by atoms with E-state index < -0.39 is 34.1 Å². The Bertz CT molecular complexity index is 1670. The van der Waals surface area contributed by atoms with Gasteiger partial charge in [0.05, 0.1) is 40.5 Å². The van der Waals surface area contributed by atoms with Gasteiger partial charge in [-0.1, -0.05) is 61.5 Å². The van der Waals surface area contributed by atoms with Gasteiger partial charge in [0.1, 0.15) is 6.04 Å². The zero-order valence-electron chi connectivity index (χ0n) is 28.6. The Morgan fingerprint density at radius 2 is 1.80 bits per heavy atom. The first-order chi connectivity index (χ1) is 23.3. The van der Waals surface area contributed by atoms with Crippen molar-refractivity contribution in [1.29, 1.82) is 0 Å². The molecule has 1 aliphatic rings. The largest absolute Gasteiger partial charge is 0.411 e. The van der Waals surface area contributed by atoms with Crippen molar-refractivity contribution in [2.75, 3.05) is 46.8 Å². The van der Waals surface area contributed by atoms with E-state index in [0.29, 0.717) is 31.7 Å². The van der Waals surface area contributed by atoms with E-state index in [1.165, 1.54) is 46.1 Å². The average molecular weight is 714 g/mol. The summed E-state index contributed by atoms with van der Waals surface area (Å²) in [4.78, 5) is 37.2. The molecule has 1 fully saturated rings. The first-order valence-corrected chi connectivity index (χ1v) is 18.5. The average Bonchev–Trinajstić information content (AvgIpc) is 3.63. The van der Waals surface area contributed by atoms with Crippen LogP contribution in [-0.2, 0) is 27.8 Å². The normalized spacial score (nSPS) is 15.9. The van der Waals surface area contributed by atoms with Crippen LogP contribution in [0.4, 0.5) is 4.79 Å². The molecule has 266 valence electrons. The van der Waals surface area contributed by atoms with Crippen molar-refractivity contribution in [2.24, 2.45) is 11.1 Å². The number of likely N-dealkylation sites (N-methyl/N-ethyl adjacent to an activating group) is 1. The Hall–Kier alpha value is -3.89. The molecule has 13 nitrogen and oxygen atoms in total. The Balaban J connectivity index is 1.57. The number of rotatable bonds is 17. The van der Waals surface area contributed by atoms with Gasteiger partial charge in [0.25, 0.3) is 0 Å². The molecule has 3 N–H and O–H groups in total. The van der Waals surface area contributed by atoms with Crippen molar-refractivity contribution < 1.29 is 28.3 Å². The van der Waals surface area contributed by atoms with Crippen LogP contribution in [0.5, 0.6) is 0 Å². The molecule has 0 unspecified atom stereocenters. The van der Waals surface area contributed by atoms with Crippen molar-refractivity contribution in [3.05, 3.63) is 81.8 Å². The van der Waals surface area contributed by atoms with Gasteiger partial charge in [-0.25, -0.2) is 18.2 Å². The monoisotopic (exact) mass is 713 g/mol. The minimum atomic E-state index is -4.07. The Labute approximate surface area is 292 Å². The van der Waals surface area contributed by atoms with Crippen LogP contribution in [0.1, 0.15) is 35.7 Å². The molecule has 0 radical (unpaired) electrons. The molecule has 1 saturated heterocycles. The van der Waals surface area contributed by atoms with Gasteiger partial charge in [0, 0.05) is 38.1 Å². The zero-order valence-corrected chi connectivity index (χ0v) is 30.3. The second-order valence-electron chi connectivity index (χ2n) is 12.8. The van der Waals surface area contributed by atoms with Crippen molar-refractivity contribution >= 4 is 39.5 Å². The van der Waals surface area contributed by atoms with Gasteiger partial charge >= 0.3 is 6.03 Å². The number of benzene rings is 2. The molecule has 0 saturated carbocycles. The molecule has 2 aromatic carbocycles. The highest BCUT2D eigenvalue weighted by atomic mass is 32.2. The number of sulfonamides is 1. The SMILES string of the molecule is Cc1nc(CN2CCN([C@H](C(=O)N[C@@H](Cc3ccccc3)[C@H](O)CN(CCN(C)C)S(=O)(=O)c3ccc(C=NO)cc3)C(C)C)C2=O)cs1. The van der Waals surface area contributed by atoms with Crippen LogP contribution in [0.25, 0.3) is 0 Å². The summed E-state index contributed by atoms with van der Waals surface area (Å²) in [6.07, 6.45) is 0.132. The van der Waals surface area contributed by atoms with Gasteiger partial charge in [0.15, 0.2) is 0 Å². The number of aromatic nitrogens is 1. The van der Waals surface area contributed by atoms with E-state index in [2.05, 4.69) is 15.5 Å². The number of oxime groups is 1. The third-order valence-electron chi connectivity index (χ3n) is 8.38. The topological polar surface area (TPSA) is 159 Å². The van der Waals surface area contributed by atoms with Crippen LogP contribution in [0, 0.1) is 12.8 Å². The fourth-order valence-corrected chi connectivity index (χ4v) is 7.86. The van der Waals surface area contributed by atoms with Gasteiger partial charge in [-0.15, -0.1) is 11.3 Å². The molecule has 3 amide bonds. The van der Waals surface area contributed by atoms with Crippen molar-refractivity contribution in [3.63, 3.8) is 0 Å². The molecule has 1 aliphatic heterocycles. The Morgan fingerprint density at radius 3 is 2.39 bits per heavy atom. The summed E-state index contributed by atoms with van der Waals surface area (Å²) in [6.45, 7) is 7.02. The number of urea groups is 1. The molecular weight excluding hydrogens is 667 g/mol. The summed E-state index contributed by atoms with van der Waals surface area (Å²) >= 11 is 1.52. The van der Waals surface area contributed by atoms with Crippen LogP contribution in [0.15, 0.2) is 70.0 Å². The number of aryl methyl sites for hydroxylation is 1. The summed E-state index contributed by atoms with van der Waals surface area (Å²) in [5.41, 5.74) is 2.17. The van der Waals surface area contributed by atoms with E-state index in [1.54, 1.807) is 9.80 Å². The van der Waals surface area contributed by atoms with E-state index in [9.17, 15) is 23.1 Å². The van der Waals surface area contributed by atoms with Gasteiger partial charge < -0.3 is 30.3 Å². The van der Waals surface area contributed by atoms with Crippen LogP contribution >= 0.6 is 11.3 Å². The zero-order chi connectivity index (χ0) is 35.7. The van der Waals surface area contributed by atoms with Crippen LogP contribution in [0.2, 0.25) is 0 Å². The molecule has 3 atom stereocenters. The maximum atomic E-state index is 14.1. The second-order valence-corrected chi connectivity index (χ2v) is 15.8. The Morgan fingerprint density at radius 1 is 1.10 bits per heavy atom. The number of hydrogen-bond donors (Lipinski definition) is 3. The lowest BCUT2D eigenvalue weighted by Gasteiger charge is -2.34. The van der Waals surface area contributed by atoms with E-state index in [-0.39, 0.29) is 36.4 Å². The van der Waals surface area contributed by atoms with E-state index in [0.717, 1.165) is 16.3 Å². The van der Waals surface area contributed by atoms with Crippen LogP contribution in [-0.4, -0.2) is 126 Å². The van der Waals surface area contributed by atoms with Crippen molar-refractivity contribution in [2.45, 2.75) is 56.8 Å². The van der Waals surface area contributed by atoms with Crippen molar-refractivity contribution in [3.8, 4) is 0 Å². The summed E-state index contributed by atoms with van der Waals surface area (Å²) < 4.78 is 29.0. The number of amides is 3. The van der Waals surface area contributed by atoms with E-state index in [1.807, 2.05) is 75.5 Å². The number of thiazole rings is 1. The third kappa shape index (κ3) is 10.1. The van der Waals surface area contributed by atoms with Gasteiger partial charge in [0.2, 0.25) is 15.9 Å². The minimum Gasteiger partial charge on any atom is -0.411 e. The lowest BCUT2D eigenvalue weighted by Crippen LogP contribution is -2.57. The minimum absolute atomic E-state index is 0.0157. The summed E-state index contributed by atoms with van der Waals surface area (Å²) in [6, 6.07) is 13.3. The third-order valence-corrected chi connectivity index (χ3v) is 11.1. The van der Waals surface area contributed by atoms with Crippen LogP contribution in [0.3, 0.4) is 0 Å². The highest BCUT2D eigenvalue weighted by Gasteiger charge is 2.40. The standard InChI is InChI=1S/C34H47N7O6S2/c1-24(2)32(41-18-16-39(34(41)44)21-28-23-48-25(3)36-28)33(43)37-30(19-26-9-7-6-8-10-26)31(42)22-40(17-15-38(4)5)49(46,47)29-13-11-27(12-14-29)20-35-45/h6-14,20,23-24,30-32,42,45H,15-19,21-22H2,1-5H3,(H,37,43)/t30-,31+,32-/m0/s1. The van der Waals surface area contributed by atoms with Gasteiger partial charge in [-0.05, 0) is 56.6 Å². The molecule has 49 heavy (non-hydrogen) atoms. The quantitative estimate of drug-likeness (QED) is 0.110. The molecule has 15 heteroatoms. The number of aliphatic hydroxyl groups is 1. The number of nitrogens with zero attached hydrogens (tertiary/aromatic N) is 6. The molecule has 0 spiro atoms. The lowest BCUT2D eigenvalue weighted by molar-refractivity contribution is -0.128. The van der Waals surface area contributed by atoms with Gasteiger partial charge in [-0.2, -0.15) is 4.31 Å². The lowest BCUT2D eigenvalue weighted by atomic mass is 9.98. The fourth-order valence-electron chi connectivity index (χ4n) is 5.80. The van der Waals surface area contributed by atoms with Crippen molar-refractivity contribution in [1.82, 2.24) is 29.3 Å². The maximum absolute atomic E-state index is 14.1. The number of hydrogen-bond acceptors (Lipinski definition) is 10. The first kappa shape index (κ1) is 37.9. The van der Waals surface area contributed by atoms with E-state index >= 15 is 0 Å². The van der Waals surface area contributed by atoms with Gasteiger partial charge in [-0.3, -0.25) is 4.79 Å². The first-order valence-electron chi connectivity index (χ1n) is 16.2. The molecular formula is C34H47N7O6S2. The number of carbonyl (C=O) groups is 2. The summed E-state index contributed by atoms with van der Waals surface area (Å²) in [7, 11) is -0.421. The molecule has 4 rings (SSSR count). The smallest absolute Gasteiger partial charge is 0.321 e. The molecule has 2 heterocycles. The maximum Gasteiger partial charge on any atom is 0.321 e. The predicted octanol–water partition coefficient (Wildman–Crippen LogP) is 2.86. The highest BCUT2D eigenvalue weighted by Crippen LogP contribution is 2.23. The van der Waals surface area contributed by atoms with Crippen LogP contribution < -0.4 is 5.32 Å². The molecule has 3 aromatic rings.